The van der Waals surface area contributed by atoms with Crippen molar-refractivity contribution in [1.82, 2.24) is 9.19 Å². The summed E-state index contributed by atoms with van der Waals surface area (Å²) in [5.41, 5.74) is 0.848. The molecular weight excluding hydrogens is 271 g/mol. The first kappa shape index (κ1) is 10.4. The second-order valence-electron chi connectivity index (χ2n) is 3.50. The van der Waals surface area contributed by atoms with Crippen molar-refractivity contribution in [2.75, 3.05) is 0 Å². The first-order chi connectivity index (χ1) is 6.70. The second-order valence-corrected chi connectivity index (χ2v) is 4.79. The maximum atomic E-state index is 12.5. The van der Waals surface area contributed by atoms with Crippen LogP contribution in [0.2, 0.25) is 0 Å². The second kappa shape index (κ2) is 4.20. The minimum absolute atomic E-state index is 0.0983. The third-order valence-corrected chi connectivity index (χ3v) is 3.37. The average molecular weight is 281 g/mol. The van der Waals surface area contributed by atoms with Gasteiger partial charge in [-0.05, 0) is 41.3 Å². The summed E-state index contributed by atoms with van der Waals surface area (Å²) in [4.78, 5) is 0. The van der Waals surface area contributed by atoms with E-state index in [-0.39, 0.29) is 24.4 Å². The fourth-order valence-electron chi connectivity index (χ4n) is 1.91. The van der Waals surface area contributed by atoms with E-state index in [1.54, 1.807) is 0 Å². The molecule has 1 aromatic heterocycles. The van der Waals surface area contributed by atoms with Gasteiger partial charge >= 0.3 is 0 Å². The lowest BCUT2D eigenvalue weighted by Crippen LogP contribution is -2.03. The Labute approximate surface area is 94.2 Å². The number of nitrogens with zero attached hydrogens (tertiary/aromatic N) is 2. The number of hydrogen-bond acceptors (Lipinski definition) is 3. The lowest BCUT2D eigenvalue weighted by Gasteiger charge is -2.08. The minimum atomic E-state index is -0.244. The van der Waals surface area contributed by atoms with Crippen LogP contribution in [0.25, 0.3) is 0 Å². The van der Waals surface area contributed by atoms with E-state index in [2.05, 4.69) is 21.0 Å². The summed E-state index contributed by atoms with van der Waals surface area (Å²) in [6, 6.07) is 1.81. The molecule has 1 N–H and O–H groups in total. The van der Waals surface area contributed by atoms with Gasteiger partial charge < -0.3 is 5.11 Å². The van der Waals surface area contributed by atoms with Crippen LogP contribution in [0, 0.1) is 0 Å². The molecule has 1 aromatic rings. The molecule has 0 aromatic carbocycles. The van der Waals surface area contributed by atoms with E-state index >= 15 is 0 Å². The van der Waals surface area contributed by atoms with Crippen molar-refractivity contribution in [3.8, 4) is 0 Å². The highest BCUT2D eigenvalue weighted by molar-refractivity contribution is 9.10. The van der Waals surface area contributed by atoms with Crippen molar-refractivity contribution in [3.63, 3.8) is 0 Å². The molecule has 0 amide bonds. The summed E-state index contributed by atoms with van der Waals surface area (Å²) in [6.07, 6.45) is 2.16. The van der Waals surface area contributed by atoms with Gasteiger partial charge in [-0.3, -0.25) is 0 Å². The Morgan fingerprint density at radius 2 is 2.43 bits per heavy atom. The molecule has 1 saturated carbocycles. The molecule has 2 atom stereocenters. The van der Waals surface area contributed by atoms with Gasteiger partial charge in [-0.15, -0.1) is 3.89 Å². The standard InChI is InChI=1S/C8H10BrFN2OS/c9-8-4-7(12(11-8)14-10)5-1-2-6(13)3-5/h4-6,13H,1-3H2. The van der Waals surface area contributed by atoms with E-state index in [0.29, 0.717) is 11.0 Å². The monoisotopic (exact) mass is 280 g/mol. The number of aromatic nitrogens is 2. The molecular formula is C8H10BrFN2OS. The lowest BCUT2D eigenvalue weighted by molar-refractivity contribution is 0.181. The first-order valence-electron chi connectivity index (χ1n) is 4.43. The van der Waals surface area contributed by atoms with Gasteiger partial charge in [-0.25, -0.2) is 0 Å². The topological polar surface area (TPSA) is 38.1 Å². The van der Waals surface area contributed by atoms with Crippen molar-refractivity contribution in [2.24, 2.45) is 0 Å². The van der Waals surface area contributed by atoms with E-state index < -0.39 is 0 Å². The highest BCUT2D eigenvalue weighted by atomic mass is 79.9. The molecule has 1 heterocycles. The van der Waals surface area contributed by atoms with Crippen LogP contribution in [-0.2, 0) is 0 Å². The molecule has 0 radical (unpaired) electrons. The van der Waals surface area contributed by atoms with Crippen molar-refractivity contribution in [2.45, 2.75) is 31.3 Å². The zero-order valence-corrected chi connectivity index (χ0v) is 9.76. The van der Waals surface area contributed by atoms with Gasteiger partial charge in [0.1, 0.15) is 4.60 Å². The molecule has 0 spiro atoms. The van der Waals surface area contributed by atoms with Crippen molar-refractivity contribution < 1.29 is 8.99 Å². The third-order valence-electron chi connectivity index (χ3n) is 2.56. The van der Waals surface area contributed by atoms with Crippen LogP contribution >= 0.6 is 28.3 Å². The van der Waals surface area contributed by atoms with Gasteiger partial charge in [0.15, 0.2) is 12.3 Å². The molecule has 0 bridgehead atoms. The fraction of sp³-hybridized carbons (Fsp3) is 0.625. The molecule has 0 aliphatic heterocycles. The zero-order chi connectivity index (χ0) is 10.1. The maximum absolute atomic E-state index is 12.5. The summed E-state index contributed by atoms with van der Waals surface area (Å²) in [5, 5.41) is 13.3. The van der Waals surface area contributed by atoms with Crippen LogP contribution in [0.3, 0.4) is 0 Å². The SMILES string of the molecule is OC1CCC(c2cc(Br)nn2SF)C1. The van der Waals surface area contributed by atoms with Gasteiger partial charge in [0.2, 0.25) is 0 Å². The van der Waals surface area contributed by atoms with Crippen molar-refractivity contribution in [3.05, 3.63) is 16.4 Å². The molecule has 3 nitrogen and oxygen atoms in total. The van der Waals surface area contributed by atoms with Crippen molar-refractivity contribution in [1.29, 1.82) is 0 Å². The maximum Gasteiger partial charge on any atom is 0.187 e. The average Bonchev–Trinajstić information content (AvgIpc) is 2.71. The van der Waals surface area contributed by atoms with E-state index in [4.69, 9.17) is 0 Å². The van der Waals surface area contributed by atoms with Gasteiger partial charge in [0.05, 0.1) is 11.8 Å². The zero-order valence-electron chi connectivity index (χ0n) is 7.36. The highest BCUT2D eigenvalue weighted by Gasteiger charge is 2.27. The Bertz CT molecular complexity index is 333. The summed E-state index contributed by atoms with van der Waals surface area (Å²) in [5.74, 6) is 0.229. The molecule has 1 fully saturated rings. The van der Waals surface area contributed by atoms with Gasteiger partial charge in [0.25, 0.3) is 0 Å². The predicted molar refractivity (Wildman–Crippen MR) is 56.6 cm³/mol. The Hall–Kier alpha value is -0.0700. The van der Waals surface area contributed by atoms with Crippen LogP contribution in [0.1, 0.15) is 30.9 Å². The van der Waals surface area contributed by atoms with E-state index in [1.165, 1.54) is 4.09 Å². The van der Waals surface area contributed by atoms with Crippen LogP contribution in [0.4, 0.5) is 3.89 Å². The Balaban J connectivity index is 2.22. The van der Waals surface area contributed by atoms with E-state index in [1.807, 2.05) is 6.07 Å². The number of rotatable bonds is 2. The number of hydrogen-bond donors (Lipinski definition) is 1. The molecule has 1 aliphatic rings. The summed E-state index contributed by atoms with van der Waals surface area (Å²) in [7, 11) is 0. The molecule has 1 aliphatic carbocycles. The van der Waals surface area contributed by atoms with Gasteiger partial charge in [-0.1, -0.05) is 0 Å². The minimum Gasteiger partial charge on any atom is -0.393 e. The fourth-order valence-corrected chi connectivity index (χ4v) is 2.80. The smallest absolute Gasteiger partial charge is 0.187 e. The predicted octanol–water partition coefficient (Wildman–Crippen LogP) is 2.65. The van der Waals surface area contributed by atoms with Crippen LogP contribution < -0.4 is 0 Å². The molecule has 2 rings (SSSR count). The lowest BCUT2D eigenvalue weighted by atomic mass is 10.0. The van der Waals surface area contributed by atoms with Crippen LogP contribution in [0.15, 0.2) is 10.7 Å². The van der Waals surface area contributed by atoms with Crippen LogP contribution in [0.5, 0.6) is 0 Å². The molecule has 2 unspecified atom stereocenters. The first-order valence-corrected chi connectivity index (χ1v) is 5.90. The Kier molecular flexibility index (Phi) is 3.14. The van der Waals surface area contributed by atoms with E-state index in [9.17, 15) is 8.99 Å². The Morgan fingerprint density at radius 3 is 3.00 bits per heavy atom. The highest BCUT2D eigenvalue weighted by Crippen LogP contribution is 2.36. The normalized spacial score (nSPS) is 27.1. The summed E-state index contributed by atoms with van der Waals surface area (Å²) in [6.45, 7) is 0. The molecule has 0 saturated heterocycles. The van der Waals surface area contributed by atoms with Crippen molar-refractivity contribution >= 4 is 28.3 Å². The Morgan fingerprint density at radius 1 is 1.64 bits per heavy atom. The molecule has 6 heteroatoms. The third kappa shape index (κ3) is 1.97. The molecule has 78 valence electrons. The number of halogens is 2. The van der Waals surface area contributed by atoms with Crippen LogP contribution in [-0.4, -0.2) is 20.4 Å². The quantitative estimate of drug-likeness (QED) is 0.905. The van der Waals surface area contributed by atoms with E-state index in [0.717, 1.165) is 18.5 Å². The number of aliphatic hydroxyl groups is 1. The number of aliphatic hydroxyl groups excluding tert-OH is 1. The largest absolute Gasteiger partial charge is 0.393 e. The summed E-state index contributed by atoms with van der Waals surface area (Å²) < 4.78 is 14.4. The van der Waals surface area contributed by atoms with Gasteiger partial charge in [-0.2, -0.15) is 9.19 Å². The molecule has 14 heavy (non-hydrogen) atoms. The van der Waals surface area contributed by atoms with Gasteiger partial charge in [0, 0.05) is 5.92 Å². The summed E-state index contributed by atoms with van der Waals surface area (Å²) >= 11 is 3.31.